The fourth-order valence-electron chi connectivity index (χ4n) is 3.72. The van der Waals surface area contributed by atoms with Gasteiger partial charge in [-0.15, -0.1) is 0 Å². The van der Waals surface area contributed by atoms with Crippen molar-refractivity contribution in [2.75, 3.05) is 39.5 Å². The molecule has 21 heavy (non-hydrogen) atoms. The summed E-state index contributed by atoms with van der Waals surface area (Å²) in [6.45, 7) is 3.50. The number of rotatable bonds is 2. The van der Waals surface area contributed by atoms with Crippen molar-refractivity contribution in [3.05, 3.63) is 23.8 Å². The molecule has 0 radical (unpaired) electrons. The minimum Gasteiger partial charge on any atom is -0.495 e. The van der Waals surface area contributed by atoms with Crippen molar-refractivity contribution in [2.45, 2.75) is 37.1 Å². The molecule has 0 amide bonds. The van der Waals surface area contributed by atoms with Gasteiger partial charge < -0.3 is 20.7 Å². The first-order valence-corrected chi connectivity index (χ1v) is 7.99. The Morgan fingerprint density at radius 1 is 1.29 bits per heavy atom. The Balaban J connectivity index is 1.65. The van der Waals surface area contributed by atoms with Gasteiger partial charge in [0.2, 0.25) is 0 Å². The summed E-state index contributed by atoms with van der Waals surface area (Å²) in [6.07, 6.45) is 5.09. The lowest BCUT2D eigenvalue weighted by Gasteiger charge is -2.46. The van der Waals surface area contributed by atoms with E-state index in [9.17, 15) is 0 Å². The maximum absolute atomic E-state index is 5.91. The quantitative estimate of drug-likeness (QED) is 0.820. The van der Waals surface area contributed by atoms with Crippen LogP contribution in [0.15, 0.2) is 18.2 Å². The van der Waals surface area contributed by atoms with Gasteiger partial charge in [-0.1, -0.05) is 6.07 Å². The van der Waals surface area contributed by atoms with E-state index in [-0.39, 0.29) is 0 Å². The van der Waals surface area contributed by atoms with Crippen LogP contribution in [0.1, 0.15) is 37.2 Å². The minimum atomic E-state index is 0.390. The highest BCUT2D eigenvalue weighted by Crippen LogP contribution is 2.37. The summed E-state index contributed by atoms with van der Waals surface area (Å²) >= 11 is 0. The Kier molecular flexibility index (Phi) is 4.09. The largest absolute Gasteiger partial charge is 0.495 e. The van der Waals surface area contributed by atoms with E-state index in [1.807, 2.05) is 6.07 Å². The third-order valence-electron chi connectivity index (χ3n) is 5.37. The van der Waals surface area contributed by atoms with Crippen LogP contribution in [-0.4, -0.2) is 44.2 Å². The minimum absolute atomic E-state index is 0.390. The number of methoxy groups -OCH3 is 1. The predicted molar refractivity (Wildman–Crippen MR) is 86.8 cm³/mol. The predicted octanol–water partition coefficient (Wildman–Crippen LogP) is 2.21. The lowest BCUT2D eigenvalue weighted by Crippen LogP contribution is -2.56. The molecule has 116 valence electrons. The Morgan fingerprint density at radius 2 is 2.05 bits per heavy atom. The molecule has 2 heterocycles. The second-order valence-corrected chi connectivity index (χ2v) is 6.70. The van der Waals surface area contributed by atoms with Crippen LogP contribution in [0.4, 0.5) is 5.69 Å². The standard InChI is InChI=1S/C17H27N3O/c1-20-9-7-17(8-10-20)6-5-14(12-19-17)13-3-4-15(18)16(11-13)21-2/h3-4,11,14,19H,5-10,12,18H2,1-2H3. The molecule has 3 N–H and O–H groups in total. The Labute approximate surface area is 127 Å². The summed E-state index contributed by atoms with van der Waals surface area (Å²) in [5, 5.41) is 3.86. The number of nitrogens with zero attached hydrogens (tertiary/aromatic N) is 1. The van der Waals surface area contributed by atoms with Crippen LogP contribution in [0.5, 0.6) is 5.75 Å². The number of hydrogen-bond donors (Lipinski definition) is 2. The van der Waals surface area contributed by atoms with Crippen LogP contribution in [0.25, 0.3) is 0 Å². The van der Waals surface area contributed by atoms with E-state index >= 15 is 0 Å². The van der Waals surface area contributed by atoms with E-state index in [2.05, 4.69) is 29.4 Å². The van der Waals surface area contributed by atoms with E-state index in [4.69, 9.17) is 10.5 Å². The van der Waals surface area contributed by atoms with Crippen LogP contribution >= 0.6 is 0 Å². The summed E-state index contributed by atoms with van der Waals surface area (Å²) in [5.41, 5.74) is 8.36. The van der Waals surface area contributed by atoms with Crippen molar-refractivity contribution in [1.82, 2.24) is 10.2 Å². The highest BCUT2D eigenvalue weighted by Gasteiger charge is 2.37. The molecule has 1 aromatic rings. The van der Waals surface area contributed by atoms with Crippen LogP contribution in [-0.2, 0) is 0 Å². The third-order valence-corrected chi connectivity index (χ3v) is 5.37. The van der Waals surface area contributed by atoms with Gasteiger partial charge in [-0.3, -0.25) is 0 Å². The normalized spacial score (nSPS) is 25.9. The number of nitrogen functional groups attached to an aromatic ring is 1. The summed E-state index contributed by atoms with van der Waals surface area (Å²) in [7, 11) is 3.90. The topological polar surface area (TPSA) is 50.5 Å². The van der Waals surface area contributed by atoms with Crippen molar-refractivity contribution < 1.29 is 4.74 Å². The summed E-state index contributed by atoms with van der Waals surface area (Å²) in [5.74, 6) is 1.37. The van der Waals surface area contributed by atoms with Gasteiger partial charge in [-0.05, 0) is 69.4 Å². The third kappa shape index (κ3) is 3.01. The Morgan fingerprint density at radius 3 is 2.67 bits per heavy atom. The van der Waals surface area contributed by atoms with Crippen LogP contribution in [0.3, 0.4) is 0 Å². The molecule has 0 saturated carbocycles. The zero-order valence-corrected chi connectivity index (χ0v) is 13.2. The van der Waals surface area contributed by atoms with Crippen molar-refractivity contribution in [3.63, 3.8) is 0 Å². The molecule has 4 nitrogen and oxygen atoms in total. The molecule has 2 aliphatic rings. The zero-order valence-electron chi connectivity index (χ0n) is 13.2. The number of piperidine rings is 2. The monoisotopic (exact) mass is 289 g/mol. The first-order valence-electron chi connectivity index (χ1n) is 7.99. The average molecular weight is 289 g/mol. The van der Waals surface area contributed by atoms with E-state index in [0.717, 1.165) is 18.0 Å². The molecule has 1 atom stereocenters. The van der Waals surface area contributed by atoms with Crippen molar-refractivity contribution >= 4 is 5.69 Å². The van der Waals surface area contributed by atoms with Crippen LogP contribution in [0, 0.1) is 0 Å². The highest BCUT2D eigenvalue weighted by atomic mass is 16.5. The molecule has 4 heteroatoms. The molecule has 2 aliphatic heterocycles. The smallest absolute Gasteiger partial charge is 0.142 e. The number of anilines is 1. The van der Waals surface area contributed by atoms with Gasteiger partial charge in [-0.2, -0.15) is 0 Å². The number of nitrogens with one attached hydrogen (secondary N) is 1. The molecule has 2 saturated heterocycles. The molecule has 0 bridgehead atoms. The van der Waals surface area contributed by atoms with Gasteiger partial charge in [0, 0.05) is 12.1 Å². The highest BCUT2D eigenvalue weighted by molar-refractivity contribution is 5.54. The number of ether oxygens (including phenoxy) is 1. The van der Waals surface area contributed by atoms with Crippen molar-refractivity contribution in [3.8, 4) is 5.75 Å². The summed E-state index contributed by atoms with van der Waals surface area (Å²) < 4.78 is 5.35. The SMILES string of the molecule is COc1cc(C2CCC3(CCN(C)CC3)NC2)ccc1N. The first-order chi connectivity index (χ1) is 10.1. The van der Waals surface area contributed by atoms with Gasteiger partial charge in [0.25, 0.3) is 0 Å². The zero-order chi connectivity index (χ0) is 14.9. The van der Waals surface area contributed by atoms with E-state index in [1.165, 1.54) is 44.3 Å². The summed E-state index contributed by atoms with van der Waals surface area (Å²) in [4.78, 5) is 2.43. The number of hydrogen-bond acceptors (Lipinski definition) is 4. The number of benzene rings is 1. The lowest BCUT2D eigenvalue weighted by molar-refractivity contribution is 0.123. The van der Waals surface area contributed by atoms with Gasteiger partial charge in [0.1, 0.15) is 5.75 Å². The lowest BCUT2D eigenvalue weighted by atomic mass is 9.76. The molecule has 3 rings (SSSR count). The van der Waals surface area contributed by atoms with Crippen molar-refractivity contribution in [2.24, 2.45) is 0 Å². The molecule has 0 aliphatic carbocycles. The second kappa shape index (κ2) is 5.85. The average Bonchev–Trinajstić information content (AvgIpc) is 2.52. The maximum atomic E-state index is 5.91. The van der Waals surface area contributed by atoms with E-state index in [1.54, 1.807) is 7.11 Å². The van der Waals surface area contributed by atoms with Gasteiger partial charge in [0.05, 0.1) is 12.8 Å². The Hall–Kier alpha value is -1.26. The molecular formula is C17H27N3O. The summed E-state index contributed by atoms with van der Waals surface area (Å²) in [6, 6.07) is 6.22. The van der Waals surface area contributed by atoms with Gasteiger partial charge >= 0.3 is 0 Å². The van der Waals surface area contributed by atoms with Crippen molar-refractivity contribution in [1.29, 1.82) is 0 Å². The number of likely N-dealkylation sites (tertiary alicyclic amines) is 1. The molecule has 2 fully saturated rings. The maximum Gasteiger partial charge on any atom is 0.142 e. The van der Waals surface area contributed by atoms with Gasteiger partial charge in [0.15, 0.2) is 0 Å². The fourth-order valence-corrected chi connectivity index (χ4v) is 3.72. The molecule has 1 unspecified atom stereocenters. The molecule has 1 aromatic carbocycles. The molecular weight excluding hydrogens is 262 g/mol. The fraction of sp³-hybridized carbons (Fsp3) is 0.647. The Bertz CT molecular complexity index is 485. The van der Waals surface area contributed by atoms with Crippen LogP contribution < -0.4 is 15.8 Å². The van der Waals surface area contributed by atoms with Crippen LogP contribution in [0.2, 0.25) is 0 Å². The first kappa shape index (κ1) is 14.7. The molecule has 0 aromatic heterocycles. The molecule has 1 spiro atoms. The second-order valence-electron chi connectivity index (χ2n) is 6.70. The van der Waals surface area contributed by atoms with Gasteiger partial charge in [-0.25, -0.2) is 0 Å². The number of nitrogens with two attached hydrogens (primary N) is 1. The van der Waals surface area contributed by atoms with E-state index in [0.29, 0.717) is 11.5 Å². The van der Waals surface area contributed by atoms with E-state index < -0.39 is 0 Å².